The van der Waals surface area contributed by atoms with Crippen molar-refractivity contribution in [2.75, 3.05) is 13.2 Å². The molecule has 0 aromatic heterocycles. The number of unbranched alkanes of at least 4 members (excludes halogenated alkanes) is 3. The molecular formula is C36H58O3. The third-order valence-electron chi connectivity index (χ3n) is 9.58. The Balaban J connectivity index is 2.17. The van der Waals surface area contributed by atoms with Crippen molar-refractivity contribution in [3.8, 4) is 5.75 Å². The van der Waals surface area contributed by atoms with Crippen LogP contribution in [0, 0.1) is 25.2 Å². The lowest BCUT2D eigenvalue weighted by atomic mass is 9.69. The van der Waals surface area contributed by atoms with Crippen molar-refractivity contribution >= 4 is 0 Å². The maximum atomic E-state index is 9.93. The van der Waals surface area contributed by atoms with Crippen LogP contribution in [0.3, 0.4) is 0 Å². The number of benzene rings is 2. The molecule has 2 N–H and O–H groups in total. The Kier molecular flexibility index (Phi) is 13.5. The number of aliphatic hydroxyl groups excluding tert-OH is 2. The number of rotatable bonds is 18. The van der Waals surface area contributed by atoms with E-state index in [-0.39, 0.29) is 18.6 Å². The number of aryl methyl sites for hydroxylation is 3. The van der Waals surface area contributed by atoms with E-state index in [1.54, 1.807) is 0 Å². The molecule has 0 saturated carbocycles. The van der Waals surface area contributed by atoms with Crippen molar-refractivity contribution < 1.29 is 14.9 Å². The second kappa shape index (κ2) is 15.8. The molecule has 2 atom stereocenters. The Morgan fingerprint density at radius 1 is 0.846 bits per heavy atom. The van der Waals surface area contributed by atoms with E-state index >= 15 is 0 Å². The summed E-state index contributed by atoms with van der Waals surface area (Å²) in [5.74, 6) is 1.50. The Bertz CT molecular complexity index is 989. The second-order valence-electron chi connectivity index (χ2n) is 12.6. The van der Waals surface area contributed by atoms with Gasteiger partial charge in [-0.1, -0.05) is 97.6 Å². The molecule has 0 radical (unpaired) electrons. The van der Waals surface area contributed by atoms with Gasteiger partial charge in [-0.3, -0.25) is 0 Å². The van der Waals surface area contributed by atoms with Gasteiger partial charge < -0.3 is 14.9 Å². The number of hydrogen-bond acceptors (Lipinski definition) is 3. The number of hydrogen-bond donors (Lipinski definition) is 2. The molecule has 0 amide bonds. The molecule has 3 heteroatoms. The zero-order chi connectivity index (χ0) is 29.1. The molecule has 2 rings (SSSR count). The molecule has 2 unspecified atom stereocenters. The van der Waals surface area contributed by atoms with E-state index in [0.717, 1.165) is 30.6 Å². The molecule has 0 bridgehead atoms. The largest absolute Gasteiger partial charge is 0.491 e. The van der Waals surface area contributed by atoms with Gasteiger partial charge in [-0.2, -0.15) is 0 Å². The van der Waals surface area contributed by atoms with E-state index in [1.165, 1.54) is 60.8 Å². The van der Waals surface area contributed by atoms with Crippen molar-refractivity contribution in [2.24, 2.45) is 11.3 Å². The van der Waals surface area contributed by atoms with Gasteiger partial charge in [0, 0.05) is 12.0 Å². The molecule has 39 heavy (non-hydrogen) atoms. The van der Waals surface area contributed by atoms with Gasteiger partial charge >= 0.3 is 0 Å². The molecule has 3 nitrogen and oxygen atoms in total. The average molecular weight is 539 g/mol. The lowest BCUT2D eigenvalue weighted by Crippen LogP contribution is -2.26. The van der Waals surface area contributed by atoms with Crippen molar-refractivity contribution in [3.63, 3.8) is 0 Å². The van der Waals surface area contributed by atoms with E-state index in [4.69, 9.17) is 9.84 Å². The first-order chi connectivity index (χ1) is 18.5. The molecule has 2 aromatic rings. The quantitative estimate of drug-likeness (QED) is 0.186. The highest BCUT2D eigenvalue weighted by molar-refractivity contribution is 5.47. The fraction of sp³-hybridized carbons (Fsp3) is 0.667. The zero-order valence-electron chi connectivity index (χ0n) is 26.4. The normalized spacial score (nSPS) is 13.9. The van der Waals surface area contributed by atoms with Gasteiger partial charge in [-0.25, -0.2) is 0 Å². The Morgan fingerprint density at radius 3 is 2.05 bits per heavy atom. The average Bonchev–Trinajstić information content (AvgIpc) is 2.91. The van der Waals surface area contributed by atoms with Gasteiger partial charge in [-0.15, -0.1) is 0 Å². The molecule has 0 aliphatic carbocycles. The summed E-state index contributed by atoms with van der Waals surface area (Å²) < 4.78 is 5.87. The standard InChI is InChI=1S/C36H58O3/c1-9-12-13-14-22-35(7,8)29(6)15-16-30-17-18-31(24-27(30)4)36(10-2,11-3)32-19-20-34(28(5)25-32)39-26-33(38)21-23-37/h17-20,24-25,29,33,37-38H,9-16,21-23,26H2,1-8H3. The summed E-state index contributed by atoms with van der Waals surface area (Å²) in [6.07, 6.45) is 10.8. The van der Waals surface area contributed by atoms with Crippen LogP contribution in [-0.2, 0) is 11.8 Å². The first-order valence-corrected chi connectivity index (χ1v) is 15.7. The van der Waals surface area contributed by atoms with Gasteiger partial charge in [0.1, 0.15) is 12.4 Å². The maximum Gasteiger partial charge on any atom is 0.122 e. The van der Waals surface area contributed by atoms with E-state index in [2.05, 4.69) is 85.7 Å². The summed E-state index contributed by atoms with van der Waals surface area (Å²) in [5, 5.41) is 19.0. The van der Waals surface area contributed by atoms with Crippen LogP contribution in [0.15, 0.2) is 36.4 Å². The van der Waals surface area contributed by atoms with E-state index < -0.39 is 6.10 Å². The van der Waals surface area contributed by atoms with Crippen LogP contribution in [0.4, 0.5) is 0 Å². The van der Waals surface area contributed by atoms with Gasteiger partial charge in [0.15, 0.2) is 0 Å². The molecule has 220 valence electrons. The maximum absolute atomic E-state index is 9.93. The van der Waals surface area contributed by atoms with Crippen LogP contribution in [0.25, 0.3) is 0 Å². The monoisotopic (exact) mass is 538 g/mol. The van der Waals surface area contributed by atoms with Crippen molar-refractivity contribution in [1.82, 2.24) is 0 Å². The fourth-order valence-corrected chi connectivity index (χ4v) is 6.05. The van der Waals surface area contributed by atoms with E-state index in [0.29, 0.717) is 17.8 Å². The van der Waals surface area contributed by atoms with Gasteiger partial charge in [0.25, 0.3) is 0 Å². The summed E-state index contributed by atoms with van der Waals surface area (Å²) in [5.41, 5.74) is 7.02. The molecule has 0 aliphatic heterocycles. The van der Waals surface area contributed by atoms with Crippen LogP contribution in [0.2, 0.25) is 0 Å². The topological polar surface area (TPSA) is 49.7 Å². The molecule has 0 fully saturated rings. The third-order valence-corrected chi connectivity index (χ3v) is 9.58. The number of aliphatic hydroxyl groups is 2. The lowest BCUT2D eigenvalue weighted by molar-refractivity contribution is 0.0819. The summed E-state index contributed by atoms with van der Waals surface area (Å²) in [4.78, 5) is 0. The third kappa shape index (κ3) is 9.08. The summed E-state index contributed by atoms with van der Waals surface area (Å²) in [6, 6.07) is 13.7. The Morgan fingerprint density at radius 2 is 1.49 bits per heavy atom. The van der Waals surface area contributed by atoms with Crippen LogP contribution in [0.1, 0.15) is 127 Å². The summed E-state index contributed by atoms with van der Waals surface area (Å²) >= 11 is 0. The molecule has 0 aliphatic rings. The first kappa shape index (κ1) is 33.4. The molecule has 0 spiro atoms. The highest BCUT2D eigenvalue weighted by atomic mass is 16.5. The summed E-state index contributed by atoms with van der Waals surface area (Å²) in [6.45, 7) is 18.8. The van der Waals surface area contributed by atoms with Gasteiger partial charge in [-0.05, 0) is 97.6 Å². The highest BCUT2D eigenvalue weighted by Crippen LogP contribution is 2.41. The number of ether oxygens (including phenoxy) is 1. The molecular weight excluding hydrogens is 480 g/mol. The predicted molar refractivity (Wildman–Crippen MR) is 167 cm³/mol. The van der Waals surface area contributed by atoms with Crippen LogP contribution < -0.4 is 4.74 Å². The summed E-state index contributed by atoms with van der Waals surface area (Å²) in [7, 11) is 0. The van der Waals surface area contributed by atoms with Crippen molar-refractivity contribution in [2.45, 2.75) is 131 Å². The van der Waals surface area contributed by atoms with Crippen LogP contribution in [-0.4, -0.2) is 29.5 Å². The zero-order valence-corrected chi connectivity index (χ0v) is 26.4. The lowest BCUT2D eigenvalue weighted by Gasteiger charge is -2.35. The van der Waals surface area contributed by atoms with E-state index in [9.17, 15) is 5.11 Å². The Hall–Kier alpha value is -1.84. The van der Waals surface area contributed by atoms with Crippen molar-refractivity contribution in [1.29, 1.82) is 0 Å². The predicted octanol–water partition coefficient (Wildman–Crippen LogP) is 9.10. The minimum absolute atomic E-state index is 0.0354. The minimum Gasteiger partial charge on any atom is -0.491 e. The van der Waals surface area contributed by atoms with Crippen LogP contribution >= 0.6 is 0 Å². The van der Waals surface area contributed by atoms with Crippen LogP contribution in [0.5, 0.6) is 5.75 Å². The fourth-order valence-electron chi connectivity index (χ4n) is 6.05. The SMILES string of the molecule is CCCCCCC(C)(C)C(C)CCc1ccc(C(CC)(CC)c2ccc(OCC(O)CCO)c(C)c2)cc1C. The van der Waals surface area contributed by atoms with Gasteiger partial charge in [0.2, 0.25) is 0 Å². The molecule has 0 heterocycles. The van der Waals surface area contributed by atoms with E-state index in [1.807, 2.05) is 6.07 Å². The van der Waals surface area contributed by atoms with Gasteiger partial charge in [0.05, 0.1) is 6.10 Å². The smallest absolute Gasteiger partial charge is 0.122 e. The Labute approximate surface area is 240 Å². The molecule has 2 aromatic carbocycles. The first-order valence-electron chi connectivity index (χ1n) is 15.7. The molecule has 0 saturated heterocycles. The minimum atomic E-state index is -0.652. The second-order valence-corrected chi connectivity index (χ2v) is 12.6. The highest BCUT2D eigenvalue weighted by Gasteiger charge is 2.32. The van der Waals surface area contributed by atoms with Crippen molar-refractivity contribution in [3.05, 3.63) is 64.2 Å².